The molecule has 116 valence electrons. The minimum absolute atomic E-state index is 0. The minimum Gasteiger partial charge on any atom is -1.00 e. The predicted molar refractivity (Wildman–Crippen MR) is 80.3 cm³/mol. The van der Waals surface area contributed by atoms with Crippen molar-refractivity contribution in [2.24, 2.45) is 11.5 Å². The van der Waals surface area contributed by atoms with Gasteiger partial charge < -0.3 is 12.4 Å². The van der Waals surface area contributed by atoms with Crippen LogP contribution >= 0.6 is 0 Å². The molecule has 0 rings (SSSR count). The molecule has 0 heterocycles. The van der Waals surface area contributed by atoms with Gasteiger partial charge in [-0.25, -0.2) is 0 Å². The third kappa shape index (κ3) is 20.1. The predicted octanol–water partition coefficient (Wildman–Crippen LogP) is -0.954. The Balaban J connectivity index is 0. The molecule has 3 nitrogen and oxygen atoms in total. The van der Waals surface area contributed by atoms with E-state index in [-0.39, 0.29) is 12.4 Å². The number of hydrogen-bond acceptors (Lipinski definition) is 0. The van der Waals surface area contributed by atoms with Gasteiger partial charge in [0, 0.05) is 0 Å². The molecule has 0 spiro atoms. The summed E-state index contributed by atoms with van der Waals surface area (Å²) in [5.74, 6) is 0.345. The van der Waals surface area contributed by atoms with Gasteiger partial charge in [0.2, 0.25) is 0 Å². The molecule has 0 aromatic rings. The standard InChI is InChI=1S/C15H33N3.ClH/c1-2-3-4-5-6-7-8-9-10-11-12-13-14-18-15(16)17;/h2-14H2,1H3,(H4,16,17,18);1H. The molecule has 0 aromatic heterocycles. The third-order valence-electron chi connectivity index (χ3n) is 3.36. The minimum atomic E-state index is 0. The Bertz CT molecular complexity index is 192. The lowest BCUT2D eigenvalue weighted by Crippen LogP contribution is -3.00. The van der Waals surface area contributed by atoms with Crippen LogP contribution in [0.25, 0.3) is 0 Å². The molecule has 0 atom stereocenters. The summed E-state index contributed by atoms with van der Waals surface area (Å²) in [5.41, 5.74) is 10.6. The lowest BCUT2D eigenvalue weighted by Gasteiger charge is -2.02. The van der Waals surface area contributed by atoms with E-state index in [1.54, 1.807) is 0 Å². The van der Waals surface area contributed by atoms with Crippen LogP contribution < -0.4 is 28.9 Å². The Morgan fingerprint density at radius 3 is 1.42 bits per heavy atom. The van der Waals surface area contributed by atoms with E-state index in [1.165, 1.54) is 77.0 Å². The molecule has 0 unspecified atom stereocenters. The summed E-state index contributed by atoms with van der Waals surface area (Å²) in [6.45, 7) is 3.19. The number of rotatable bonds is 13. The molecule has 0 aliphatic rings. The fraction of sp³-hybridized carbons (Fsp3) is 0.933. The second-order valence-electron chi connectivity index (χ2n) is 5.27. The van der Waals surface area contributed by atoms with Crippen LogP contribution in [-0.4, -0.2) is 12.5 Å². The van der Waals surface area contributed by atoms with Gasteiger partial charge in [-0.2, -0.15) is 0 Å². The van der Waals surface area contributed by atoms with Crippen molar-refractivity contribution in [3.05, 3.63) is 0 Å². The van der Waals surface area contributed by atoms with Gasteiger partial charge in [-0.1, -0.05) is 77.6 Å². The van der Waals surface area contributed by atoms with Crippen LogP contribution in [0.3, 0.4) is 0 Å². The van der Waals surface area contributed by atoms with Crippen molar-refractivity contribution in [3.63, 3.8) is 0 Å². The highest BCUT2D eigenvalue weighted by Gasteiger charge is 1.93. The number of guanidine groups is 1. The van der Waals surface area contributed by atoms with E-state index < -0.39 is 0 Å². The first-order chi connectivity index (χ1) is 8.77. The van der Waals surface area contributed by atoms with Crippen molar-refractivity contribution in [2.45, 2.75) is 84.0 Å². The topological polar surface area (TPSA) is 66.0 Å². The lowest BCUT2D eigenvalue weighted by molar-refractivity contribution is -0.459. The number of nitrogens with two attached hydrogens (primary N) is 2. The molecule has 0 amide bonds. The van der Waals surface area contributed by atoms with E-state index in [4.69, 9.17) is 11.5 Å². The van der Waals surface area contributed by atoms with Gasteiger partial charge in [-0.15, -0.1) is 0 Å². The Kier molecular flexibility index (Phi) is 19.3. The largest absolute Gasteiger partial charge is 1.00 e. The summed E-state index contributed by atoms with van der Waals surface area (Å²) < 4.78 is 0. The molecule has 0 aliphatic heterocycles. The molecule has 4 heteroatoms. The van der Waals surface area contributed by atoms with E-state index >= 15 is 0 Å². The zero-order valence-electron chi connectivity index (χ0n) is 12.7. The van der Waals surface area contributed by atoms with Gasteiger partial charge in [0.1, 0.15) is 0 Å². The highest BCUT2D eigenvalue weighted by Crippen LogP contribution is 2.11. The zero-order valence-corrected chi connectivity index (χ0v) is 13.5. The van der Waals surface area contributed by atoms with Gasteiger partial charge in [0.15, 0.2) is 0 Å². The lowest BCUT2D eigenvalue weighted by atomic mass is 10.1. The van der Waals surface area contributed by atoms with Gasteiger partial charge in [-0.05, 0) is 6.42 Å². The molecule has 0 radical (unpaired) electrons. The van der Waals surface area contributed by atoms with Crippen LogP contribution in [0.4, 0.5) is 0 Å². The highest BCUT2D eigenvalue weighted by atomic mass is 35.5. The molecule has 0 aromatic carbocycles. The number of hydrogen-bond donors (Lipinski definition) is 3. The summed E-state index contributed by atoms with van der Waals surface area (Å²) in [4.78, 5) is 2.95. The maximum atomic E-state index is 5.32. The zero-order chi connectivity index (χ0) is 13.5. The van der Waals surface area contributed by atoms with E-state index in [1.807, 2.05) is 0 Å². The quantitative estimate of drug-likeness (QED) is 0.233. The molecular formula is C15H34ClN3. The van der Waals surface area contributed by atoms with Crippen LogP contribution in [0.1, 0.15) is 84.0 Å². The molecule has 19 heavy (non-hydrogen) atoms. The molecular weight excluding hydrogens is 258 g/mol. The Labute approximate surface area is 126 Å². The van der Waals surface area contributed by atoms with Crippen LogP contribution in [0, 0.1) is 0 Å². The fourth-order valence-electron chi connectivity index (χ4n) is 2.20. The Morgan fingerprint density at radius 2 is 1.05 bits per heavy atom. The maximum absolute atomic E-state index is 5.32. The first-order valence-corrected chi connectivity index (χ1v) is 7.89. The summed E-state index contributed by atoms with van der Waals surface area (Å²) in [6.07, 6.45) is 16.5. The molecule has 0 fully saturated rings. The fourth-order valence-corrected chi connectivity index (χ4v) is 2.20. The van der Waals surface area contributed by atoms with Crippen LogP contribution in [0.15, 0.2) is 0 Å². The molecule has 5 N–H and O–H groups in total. The normalized spacial score (nSPS) is 9.95. The second kappa shape index (κ2) is 17.6. The van der Waals surface area contributed by atoms with Crippen molar-refractivity contribution in [1.29, 1.82) is 0 Å². The van der Waals surface area contributed by atoms with E-state index in [0.717, 1.165) is 6.54 Å². The first-order valence-electron chi connectivity index (χ1n) is 7.89. The van der Waals surface area contributed by atoms with E-state index in [0.29, 0.717) is 5.96 Å². The molecule has 0 bridgehead atoms. The van der Waals surface area contributed by atoms with E-state index in [2.05, 4.69) is 11.9 Å². The molecule has 0 aliphatic carbocycles. The maximum Gasteiger partial charge on any atom is 0.338 e. The highest BCUT2D eigenvalue weighted by molar-refractivity contribution is 5.69. The van der Waals surface area contributed by atoms with Gasteiger partial charge >= 0.3 is 5.96 Å². The van der Waals surface area contributed by atoms with Crippen LogP contribution in [0.2, 0.25) is 0 Å². The van der Waals surface area contributed by atoms with E-state index in [9.17, 15) is 0 Å². The summed E-state index contributed by atoms with van der Waals surface area (Å²) in [5, 5.41) is 0. The average molecular weight is 292 g/mol. The third-order valence-corrected chi connectivity index (χ3v) is 3.36. The Hall–Kier alpha value is -0.440. The van der Waals surface area contributed by atoms with Gasteiger partial charge in [0.25, 0.3) is 0 Å². The molecule has 0 saturated carbocycles. The summed E-state index contributed by atoms with van der Waals surface area (Å²) in [6, 6.07) is 0. The monoisotopic (exact) mass is 291 g/mol. The van der Waals surface area contributed by atoms with Crippen molar-refractivity contribution in [2.75, 3.05) is 6.54 Å². The number of unbranched alkanes of at least 4 members (excludes halogenated alkanes) is 11. The summed E-state index contributed by atoms with van der Waals surface area (Å²) >= 11 is 0. The summed E-state index contributed by atoms with van der Waals surface area (Å²) in [7, 11) is 0. The van der Waals surface area contributed by atoms with Crippen molar-refractivity contribution in [3.8, 4) is 0 Å². The number of halogens is 1. The average Bonchev–Trinajstić information content (AvgIpc) is 2.34. The van der Waals surface area contributed by atoms with Crippen molar-refractivity contribution in [1.82, 2.24) is 0 Å². The second-order valence-corrected chi connectivity index (χ2v) is 5.27. The van der Waals surface area contributed by atoms with Gasteiger partial charge in [0.05, 0.1) is 6.54 Å². The number of nitrogens with one attached hydrogen (secondary N) is 1. The van der Waals surface area contributed by atoms with Crippen LogP contribution in [0.5, 0.6) is 0 Å². The Morgan fingerprint density at radius 1 is 0.684 bits per heavy atom. The van der Waals surface area contributed by atoms with Crippen molar-refractivity contribution >= 4 is 5.96 Å². The van der Waals surface area contributed by atoms with Crippen LogP contribution in [-0.2, 0) is 0 Å². The SMILES string of the molecule is CCCCCCCCCCCCCC[NH+]=C(N)N.[Cl-]. The smallest absolute Gasteiger partial charge is 0.338 e. The first kappa shape index (κ1) is 20.9. The molecule has 0 saturated heterocycles. The van der Waals surface area contributed by atoms with Gasteiger partial charge in [-0.3, -0.25) is 16.5 Å². The van der Waals surface area contributed by atoms with Crippen molar-refractivity contribution < 1.29 is 17.4 Å².